The number of urea groups is 1. The van der Waals surface area contributed by atoms with Crippen molar-refractivity contribution < 1.29 is 24.5 Å². The first-order valence-electron chi connectivity index (χ1n) is 4.90. The quantitative estimate of drug-likeness (QED) is 0.459. The lowest BCUT2D eigenvalue weighted by Gasteiger charge is -2.17. The van der Waals surface area contributed by atoms with Gasteiger partial charge in [0.2, 0.25) is 0 Å². The first-order chi connectivity index (χ1) is 7.51. The van der Waals surface area contributed by atoms with Crippen molar-refractivity contribution in [1.82, 2.24) is 10.6 Å². The maximum atomic E-state index is 11.3. The van der Waals surface area contributed by atoms with E-state index < -0.39 is 18.0 Å². The fourth-order valence-corrected chi connectivity index (χ4v) is 1.10. The van der Waals surface area contributed by atoms with E-state index >= 15 is 0 Å². The molecule has 0 aliphatic rings. The molecular weight excluding hydrogens is 216 g/mol. The second kappa shape index (κ2) is 7.89. The molecule has 0 aromatic carbocycles. The molecule has 2 amide bonds. The zero-order valence-electron chi connectivity index (χ0n) is 9.40. The van der Waals surface area contributed by atoms with Crippen LogP contribution < -0.4 is 10.6 Å². The van der Waals surface area contributed by atoms with Crippen molar-refractivity contribution in [2.45, 2.75) is 25.4 Å². The first-order valence-corrected chi connectivity index (χ1v) is 4.90. The van der Waals surface area contributed by atoms with Gasteiger partial charge in [-0.2, -0.15) is 0 Å². The standard InChI is InChI=1S/C9H18N2O5/c1-6(5-16-2)10-9(15)11-7(3-4-12)8(13)14/h6-7,12H,3-5H2,1-2H3,(H,13,14)(H2,10,11,15). The van der Waals surface area contributed by atoms with E-state index in [9.17, 15) is 9.59 Å². The molecule has 0 aromatic rings. The molecule has 7 nitrogen and oxygen atoms in total. The molecule has 4 N–H and O–H groups in total. The van der Waals surface area contributed by atoms with Gasteiger partial charge in [-0.1, -0.05) is 0 Å². The van der Waals surface area contributed by atoms with Crippen molar-refractivity contribution in [2.75, 3.05) is 20.3 Å². The Morgan fingerprint density at radius 1 is 1.38 bits per heavy atom. The summed E-state index contributed by atoms with van der Waals surface area (Å²) in [5.74, 6) is -1.18. The molecule has 0 saturated heterocycles. The number of aliphatic hydroxyl groups excluding tert-OH is 1. The van der Waals surface area contributed by atoms with Gasteiger partial charge >= 0.3 is 12.0 Å². The number of carbonyl (C=O) groups excluding carboxylic acids is 1. The van der Waals surface area contributed by atoms with Gasteiger partial charge in [-0.3, -0.25) is 0 Å². The van der Waals surface area contributed by atoms with Gasteiger partial charge in [0, 0.05) is 20.1 Å². The molecule has 0 radical (unpaired) electrons. The van der Waals surface area contributed by atoms with Crippen molar-refractivity contribution in [2.24, 2.45) is 0 Å². The van der Waals surface area contributed by atoms with Gasteiger partial charge in [-0.05, 0) is 6.92 Å². The Labute approximate surface area is 93.8 Å². The van der Waals surface area contributed by atoms with E-state index in [2.05, 4.69) is 10.6 Å². The third kappa shape index (κ3) is 6.20. The fraction of sp³-hybridized carbons (Fsp3) is 0.778. The van der Waals surface area contributed by atoms with E-state index in [-0.39, 0.29) is 19.1 Å². The van der Waals surface area contributed by atoms with Gasteiger partial charge in [-0.25, -0.2) is 9.59 Å². The van der Waals surface area contributed by atoms with Crippen LogP contribution in [-0.4, -0.2) is 54.6 Å². The van der Waals surface area contributed by atoms with Crippen LogP contribution in [0.5, 0.6) is 0 Å². The summed E-state index contributed by atoms with van der Waals surface area (Å²) in [5.41, 5.74) is 0. The summed E-state index contributed by atoms with van der Waals surface area (Å²) in [4.78, 5) is 22.0. The van der Waals surface area contributed by atoms with E-state index in [1.165, 1.54) is 7.11 Å². The lowest BCUT2D eigenvalue weighted by Crippen LogP contribution is -2.49. The number of hydrogen-bond acceptors (Lipinski definition) is 4. The van der Waals surface area contributed by atoms with Crippen LogP contribution in [-0.2, 0) is 9.53 Å². The van der Waals surface area contributed by atoms with E-state index in [4.69, 9.17) is 14.9 Å². The maximum absolute atomic E-state index is 11.3. The summed E-state index contributed by atoms with van der Waals surface area (Å²) in [6.45, 7) is 1.76. The van der Waals surface area contributed by atoms with E-state index in [0.29, 0.717) is 6.61 Å². The Morgan fingerprint density at radius 3 is 2.44 bits per heavy atom. The van der Waals surface area contributed by atoms with Crippen LogP contribution in [0, 0.1) is 0 Å². The number of hydrogen-bond donors (Lipinski definition) is 4. The summed E-state index contributed by atoms with van der Waals surface area (Å²) in [6.07, 6.45) is -0.0264. The minimum Gasteiger partial charge on any atom is -0.480 e. The van der Waals surface area contributed by atoms with Gasteiger partial charge in [0.15, 0.2) is 0 Å². The number of methoxy groups -OCH3 is 1. The number of aliphatic carboxylic acids is 1. The number of aliphatic hydroxyl groups is 1. The molecule has 0 rings (SSSR count). The summed E-state index contributed by atoms with van der Waals surface area (Å²) in [6, 6.07) is -1.89. The molecule has 16 heavy (non-hydrogen) atoms. The molecule has 0 heterocycles. The smallest absolute Gasteiger partial charge is 0.326 e. The molecule has 2 atom stereocenters. The molecule has 94 valence electrons. The molecule has 2 unspecified atom stereocenters. The average Bonchev–Trinajstić information content (AvgIpc) is 2.16. The molecule has 0 spiro atoms. The molecule has 0 fully saturated rings. The Hall–Kier alpha value is -1.34. The molecule has 0 aromatic heterocycles. The summed E-state index contributed by atoms with van der Waals surface area (Å²) in [5, 5.41) is 22.1. The van der Waals surface area contributed by atoms with Crippen molar-refractivity contribution in [3.05, 3.63) is 0 Å². The zero-order valence-corrected chi connectivity index (χ0v) is 9.40. The lowest BCUT2D eigenvalue weighted by atomic mass is 10.2. The maximum Gasteiger partial charge on any atom is 0.326 e. The van der Waals surface area contributed by atoms with Gasteiger partial charge in [0.25, 0.3) is 0 Å². The minimum atomic E-state index is -1.18. The summed E-state index contributed by atoms with van der Waals surface area (Å²) < 4.78 is 4.81. The zero-order chi connectivity index (χ0) is 12.6. The van der Waals surface area contributed by atoms with E-state index in [1.807, 2.05) is 0 Å². The second-order valence-corrected chi connectivity index (χ2v) is 3.38. The number of rotatable bonds is 7. The van der Waals surface area contributed by atoms with Crippen LogP contribution in [0.25, 0.3) is 0 Å². The van der Waals surface area contributed by atoms with Crippen LogP contribution in [0.2, 0.25) is 0 Å². The molecule has 0 aliphatic heterocycles. The minimum absolute atomic E-state index is 0.0264. The van der Waals surface area contributed by atoms with Crippen LogP contribution in [0.3, 0.4) is 0 Å². The van der Waals surface area contributed by atoms with Crippen molar-refractivity contribution in [1.29, 1.82) is 0 Å². The van der Waals surface area contributed by atoms with Crippen LogP contribution in [0.1, 0.15) is 13.3 Å². The topological polar surface area (TPSA) is 108 Å². The van der Waals surface area contributed by atoms with Gasteiger partial charge < -0.3 is 25.6 Å². The van der Waals surface area contributed by atoms with E-state index in [0.717, 1.165) is 0 Å². The highest BCUT2D eigenvalue weighted by molar-refractivity contribution is 5.82. The number of ether oxygens (including phenoxy) is 1. The van der Waals surface area contributed by atoms with E-state index in [1.54, 1.807) is 6.92 Å². The summed E-state index contributed by atoms with van der Waals surface area (Å²) in [7, 11) is 1.50. The first kappa shape index (κ1) is 14.7. The molecule has 0 aliphatic carbocycles. The third-order valence-corrected chi connectivity index (χ3v) is 1.82. The SMILES string of the molecule is COCC(C)NC(=O)NC(CCO)C(=O)O. The number of carboxylic acids is 1. The highest BCUT2D eigenvalue weighted by atomic mass is 16.5. The average molecular weight is 234 g/mol. The van der Waals surface area contributed by atoms with Crippen molar-refractivity contribution in [3.8, 4) is 0 Å². The predicted molar refractivity (Wildman–Crippen MR) is 56.1 cm³/mol. The Bertz CT molecular complexity index is 234. The summed E-state index contributed by atoms with van der Waals surface area (Å²) >= 11 is 0. The van der Waals surface area contributed by atoms with Crippen LogP contribution in [0.4, 0.5) is 4.79 Å². The number of nitrogens with one attached hydrogen (secondary N) is 2. The largest absolute Gasteiger partial charge is 0.480 e. The molecule has 7 heteroatoms. The highest BCUT2D eigenvalue weighted by Crippen LogP contribution is 1.92. The number of carboxylic acid groups (broad SMARTS) is 1. The lowest BCUT2D eigenvalue weighted by molar-refractivity contribution is -0.139. The third-order valence-electron chi connectivity index (χ3n) is 1.82. The second-order valence-electron chi connectivity index (χ2n) is 3.38. The molecular formula is C9H18N2O5. The van der Waals surface area contributed by atoms with Gasteiger partial charge in [-0.15, -0.1) is 0 Å². The number of amides is 2. The van der Waals surface area contributed by atoms with Crippen LogP contribution in [0.15, 0.2) is 0 Å². The van der Waals surface area contributed by atoms with Crippen LogP contribution >= 0.6 is 0 Å². The Balaban J connectivity index is 4.04. The highest BCUT2D eigenvalue weighted by Gasteiger charge is 2.19. The number of carbonyl (C=O) groups is 2. The van der Waals surface area contributed by atoms with Gasteiger partial charge in [0.1, 0.15) is 6.04 Å². The van der Waals surface area contributed by atoms with Crippen molar-refractivity contribution >= 4 is 12.0 Å². The predicted octanol–water partition coefficient (Wildman–Crippen LogP) is -0.844. The Kier molecular flexibility index (Phi) is 7.23. The monoisotopic (exact) mass is 234 g/mol. The molecule has 0 bridgehead atoms. The van der Waals surface area contributed by atoms with Gasteiger partial charge in [0.05, 0.1) is 12.6 Å². The van der Waals surface area contributed by atoms with Crippen molar-refractivity contribution in [3.63, 3.8) is 0 Å². The fourth-order valence-electron chi connectivity index (χ4n) is 1.10. The Morgan fingerprint density at radius 2 is 2.00 bits per heavy atom. The molecule has 0 saturated carbocycles. The normalized spacial score (nSPS) is 13.9.